The van der Waals surface area contributed by atoms with Gasteiger partial charge in [0.2, 0.25) is 12.3 Å². The van der Waals surface area contributed by atoms with Gasteiger partial charge in [-0.25, -0.2) is 5.84 Å². The van der Waals surface area contributed by atoms with Gasteiger partial charge in [0.25, 0.3) is 5.91 Å². The highest BCUT2D eigenvalue weighted by molar-refractivity contribution is 5.94. The maximum Gasteiger partial charge on any atom is 0.252 e. The van der Waals surface area contributed by atoms with Gasteiger partial charge in [-0.3, -0.25) is 19.3 Å². The van der Waals surface area contributed by atoms with Gasteiger partial charge < -0.3 is 16.1 Å². The van der Waals surface area contributed by atoms with Gasteiger partial charge in [-0.15, -0.1) is 0 Å². The SMILES string of the molecule is C/C=C\C(=O)N(C=O)CC1CCC(C(=O)NC/C(N)=C/N(N)CCC(C)C)CC1.CC. The van der Waals surface area contributed by atoms with Crippen LogP contribution in [-0.4, -0.2) is 47.8 Å². The number of imide groups is 1. The molecule has 1 saturated carbocycles. The molecule has 0 aromatic rings. The Hall–Kier alpha value is -2.35. The van der Waals surface area contributed by atoms with Gasteiger partial charge in [0.15, 0.2) is 0 Å². The number of nitrogens with one attached hydrogen (secondary N) is 1. The van der Waals surface area contributed by atoms with E-state index < -0.39 is 0 Å². The Bertz CT molecular complexity index is 596. The van der Waals surface area contributed by atoms with Crippen LogP contribution in [0.5, 0.6) is 0 Å². The van der Waals surface area contributed by atoms with Gasteiger partial charge in [-0.2, -0.15) is 0 Å². The minimum absolute atomic E-state index is 0.0113. The summed E-state index contributed by atoms with van der Waals surface area (Å²) in [7, 11) is 0. The fourth-order valence-electron chi connectivity index (χ4n) is 3.37. The first kappa shape index (κ1) is 28.6. The largest absolute Gasteiger partial charge is 0.399 e. The molecule has 0 atom stereocenters. The van der Waals surface area contributed by atoms with Crippen molar-refractivity contribution >= 4 is 18.2 Å². The molecule has 1 fully saturated rings. The lowest BCUT2D eigenvalue weighted by atomic mass is 9.81. The van der Waals surface area contributed by atoms with Crippen LogP contribution in [0, 0.1) is 17.8 Å². The molecular weight excluding hydrogens is 394 g/mol. The Morgan fingerprint density at radius 1 is 1.16 bits per heavy atom. The third-order valence-electron chi connectivity index (χ3n) is 5.16. The zero-order chi connectivity index (χ0) is 23.8. The van der Waals surface area contributed by atoms with E-state index in [9.17, 15) is 14.4 Å². The van der Waals surface area contributed by atoms with E-state index in [2.05, 4.69) is 19.2 Å². The highest BCUT2D eigenvalue weighted by Crippen LogP contribution is 2.29. The molecule has 1 aliphatic carbocycles. The third kappa shape index (κ3) is 12.2. The number of rotatable bonds is 11. The molecule has 0 unspecified atom stereocenters. The normalized spacial score (nSPS) is 18.9. The molecule has 0 bridgehead atoms. The molecule has 178 valence electrons. The number of nitrogens with two attached hydrogens (primary N) is 2. The smallest absolute Gasteiger partial charge is 0.252 e. The Morgan fingerprint density at radius 2 is 1.77 bits per heavy atom. The van der Waals surface area contributed by atoms with Crippen LogP contribution < -0.4 is 16.9 Å². The van der Waals surface area contributed by atoms with Crippen molar-refractivity contribution < 1.29 is 14.4 Å². The number of allylic oxidation sites excluding steroid dienone is 1. The van der Waals surface area contributed by atoms with Crippen molar-refractivity contribution in [1.29, 1.82) is 0 Å². The zero-order valence-electron chi connectivity index (χ0n) is 20.0. The van der Waals surface area contributed by atoms with Crippen LogP contribution in [0.2, 0.25) is 0 Å². The summed E-state index contributed by atoms with van der Waals surface area (Å²) in [6, 6.07) is 0. The summed E-state index contributed by atoms with van der Waals surface area (Å²) in [6.45, 7) is 11.4. The number of nitrogens with zero attached hydrogens (tertiary/aromatic N) is 2. The monoisotopic (exact) mass is 437 g/mol. The fourth-order valence-corrected chi connectivity index (χ4v) is 3.37. The Morgan fingerprint density at radius 3 is 2.29 bits per heavy atom. The lowest BCUT2D eigenvalue weighted by Crippen LogP contribution is -2.38. The second-order valence-electron chi connectivity index (χ2n) is 8.16. The molecule has 0 radical (unpaired) electrons. The number of hydrazine groups is 1. The Kier molecular flexibility index (Phi) is 15.1. The summed E-state index contributed by atoms with van der Waals surface area (Å²) in [5.41, 5.74) is 6.47. The molecule has 5 N–H and O–H groups in total. The maximum atomic E-state index is 12.4. The number of carbonyl (C=O) groups is 3. The van der Waals surface area contributed by atoms with Gasteiger partial charge in [0, 0.05) is 30.9 Å². The molecular formula is C23H43N5O3. The van der Waals surface area contributed by atoms with Crippen molar-refractivity contribution in [1.82, 2.24) is 15.2 Å². The molecule has 0 aromatic carbocycles. The summed E-state index contributed by atoms with van der Waals surface area (Å²) in [5.74, 6) is 6.30. The van der Waals surface area contributed by atoms with Crippen LogP contribution in [0.1, 0.15) is 66.7 Å². The molecule has 8 heteroatoms. The van der Waals surface area contributed by atoms with Gasteiger partial charge in [0.05, 0.1) is 6.54 Å². The predicted octanol–water partition coefficient (Wildman–Crippen LogP) is 2.52. The molecule has 0 heterocycles. The molecule has 0 spiro atoms. The second kappa shape index (κ2) is 16.4. The van der Waals surface area contributed by atoms with Crippen molar-refractivity contribution in [3.05, 3.63) is 24.0 Å². The number of hydrogen-bond acceptors (Lipinski definition) is 6. The topological polar surface area (TPSA) is 122 Å². The predicted molar refractivity (Wildman–Crippen MR) is 125 cm³/mol. The Labute approximate surface area is 188 Å². The van der Waals surface area contributed by atoms with Crippen molar-refractivity contribution in [2.24, 2.45) is 29.3 Å². The molecule has 1 aliphatic rings. The van der Waals surface area contributed by atoms with Crippen molar-refractivity contribution in [2.75, 3.05) is 19.6 Å². The first-order valence-corrected chi connectivity index (χ1v) is 11.4. The summed E-state index contributed by atoms with van der Waals surface area (Å²) in [4.78, 5) is 36.6. The van der Waals surface area contributed by atoms with Crippen LogP contribution in [0.15, 0.2) is 24.0 Å². The van der Waals surface area contributed by atoms with Crippen LogP contribution >= 0.6 is 0 Å². The first-order valence-electron chi connectivity index (χ1n) is 11.4. The zero-order valence-corrected chi connectivity index (χ0v) is 20.0. The molecule has 31 heavy (non-hydrogen) atoms. The quantitative estimate of drug-likeness (QED) is 0.198. The van der Waals surface area contributed by atoms with Crippen molar-refractivity contribution in [3.8, 4) is 0 Å². The highest BCUT2D eigenvalue weighted by Gasteiger charge is 2.28. The van der Waals surface area contributed by atoms with Gasteiger partial charge in [-0.05, 0) is 56.9 Å². The summed E-state index contributed by atoms with van der Waals surface area (Å²) < 4.78 is 0. The average Bonchev–Trinajstić information content (AvgIpc) is 2.76. The van der Waals surface area contributed by atoms with E-state index in [0.29, 0.717) is 31.1 Å². The number of carbonyl (C=O) groups excluding carboxylic acids is 3. The minimum atomic E-state index is -0.299. The molecule has 1 rings (SSSR count). The second-order valence-corrected chi connectivity index (χ2v) is 8.16. The van der Waals surface area contributed by atoms with Crippen LogP contribution in [-0.2, 0) is 14.4 Å². The molecule has 0 aromatic heterocycles. The van der Waals surface area contributed by atoms with E-state index in [1.54, 1.807) is 24.2 Å². The number of hydrogen-bond donors (Lipinski definition) is 3. The van der Waals surface area contributed by atoms with E-state index in [0.717, 1.165) is 32.1 Å². The maximum absolute atomic E-state index is 12.4. The fraction of sp³-hybridized carbons (Fsp3) is 0.696. The summed E-state index contributed by atoms with van der Waals surface area (Å²) in [5, 5.41) is 4.44. The lowest BCUT2D eigenvalue weighted by molar-refractivity contribution is -0.136. The minimum Gasteiger partial charge on any atom is -0.399 e. The van der Waals surface area contributed by atoms with Gasteiger partial charge >= 0.3 is 0 Å². The van der Waals surface area contributed by atoms with E-state index in [4.69, 9.17) is 11.6 Å². The lowest BCUT2D eigenvalue weighted by Gasteiger charge is -2.29. The third-order valence-corrected chi connectivity index (χ3v) is 5.16. The molecule has 0 aliphatic heterocycles. The van der Waals surface area contributed by atoms with E-state index in [1.807, 2.05) is 13.8 Å². The summed E-state index contributed by atoms with van der Waals surface area (Å²) in [6.07, 6.45) is 9.31. The van der Waals surface area contributed by atoms with Crippen LogP contribution in [0.25, 0.3) is 0 Å². The van der Waals surface area contributed by atoms with Gasteiger partial charge in [-0.1, -0.05) is 33.8 Å². The number of amides is 3. The first-order chi connectivity index (χ1) is 14.8. The van der Waals surface area contributed by atoms with Crippen LogP contribution in [0.3, 0.4) is 0 Å². The molecule has 3 amide bonds. The van der Waals surface area contributed by atoms with Gasteiger partial charge in [0.1, 0.15) is 0 Å². The highest BCUT2D eigenvalue weighted by atomic mass is 16.2. The van der Waals surface area contributed by atoms with Crippen LogP contribution in [0.4, 0.5) is 0 Å². The van der Waals surface area contributed by atoms with Crippen molar-refractivity contribution in [3.63, 3.8) is 0 Å². The average molecular weight is 438 g/mol. The van der Waals surface area contributed by atoms with Crippen molar-refractivity contribution in [2.45, 2.75) is 66.7 Å². The molecule has 0 saturated heterocycles. The van der Waals surface area contributed by atoms with E-state index >= 15 is 0 Å². The van der Waals surface area contributed by atoms with E-state index in [1.165, 1.54) is 11.0 Å². The molecule has 8 nitrogen and oxygen atoms in total. The standard InChI is InChI=1S/C21H37N5O3.C2H6/c1-4-5-20(28)25(15-27)13-17-6-8-18(9-7-17)21(29)24-12-19(22)14-26(23)11-10-16(2)3;1-2/h4-5,14-18H,6-13,22-23H2,1-3H3,(H,24,29);1-2H3/b5-4-,19-14-;. The Balaban J connectivity index is 0.00000436. The summed E-state index contributed by atoms with van der Waals surface area (Å²) >= 11 is 0. The van der Waals surface area contributed by atoms with E-state index in [-0.39, 0.29) is 30.2 Å².